The first-order valence-electron chi connectivity index (χ1n) is 6.00. The highest BCUT2D eigenvalue weighted by atomic mass is 16.6. The van der Waals surface area contributed by atoms with E-state index in [0.717, 1.165) is 0 Å². The van der Waals surface area contributed by atoms with Crippen molar-refractivity contribution in [2.75, 3.05) is 14.2 Å². The molecule has 108 valence electrons. The number of carbonyl (C=O) groups is 1. The van der Waals surface area contributed by atoms with Crippen LogP contribution in [0.15, 0.2) is 23.8 Å². The Morgan fingerprint density at radius 3 is 2.43 bits per heavy atom. The van der Waals surface area contributed by atoms with E-state index in [1.54, 1.807) is 37.3 Å². The SMILES string of the molecule is COC(=O)C(C)Oc1ccc(C=C(C#N)C#N)cc1OC. The van der Waals surface area contributed by atoms with Crippen molar-refractivity contribution in [3.8, 4) is 23.6 Å². The van der Waals surface area contributed by atoms with E-state index in [1.165, 1.54) is 20.3 Å². The molecule has 0 saturated heterocycles. The minimum atomic E-state index is -0.779. The normalized spacial score (nSPS) is 10.5. The predicted molar refractivity (Wildman–Crippen MR) is 74.3 cm³/mol. The van der Waals surface area contributed by atoms with Crippen LogP contribution in [0.3, 0.4) is 0 Å². The third kappa shape index (κ3) is 4.26. The monoisotopic (exact) mass is 286 g/mol. The topological polar surface area (TPSA) is 92.3 Å². The summed E-state index contributed by atoms with van der Waals surface area (Å²) in [5.41, 5.74) is 0.594. The standard InChI is InChI=1S/C15H14N2O4/c1-10(15(18)20-3)21-13-5-4-11(7-14(13)19-2)6-12(8-16)9-17/h4-7,10H,1-3H3. The zero-order valence-corrected chi connectivity index (χ0v) is 11.9. The van der Waals surface area contributed by atoms with Crippen LogP contribution in [0.4, 0.5) is 0 Å². The first-order valence-corrected chi connectivity index (χ1v) is 6.00. The maximum atomic E-state index is 11.3. The maximum Gasteiger partial charge on any atom is 0.346 e. The number of ether oxygens (including phenoxy) is 3. The van der Waals surface area contributed by atoms with Crippen LogP contribution in [0.2, 0.25) is 0 Å². The van der Waals surface area contributed by atoms with E-state index in [4.69, 9.17) is 20.0 Å². The van der Waals surface area contributed by atoms with Gasteiger partial charge in [0, 0.05) is 0 Å². The van der Waals surface area contributed by atoms with Crippen LogP contribution >= 0.6 is 0 Å². The predicted octanol–water partition coefficient (Wildman–Crippen LogP) is 2.07. The summed E-state index contributed by atoms with van der Waals surface area (Å²) < 4.78 is 15.2. The molecular formula is C15H14N2O4. The van der Waals surface area contributed by atoms with Crippen LogP contribution in [-0.4, -0.2) is 26.3 Å². The average Bonchev–Trinajstić information content (AvgIpc) is 2.52. The fraction of sp³-hybridized carbons (Fsp3) is 0.267. The van der Waals surface area contributed by atoms with E-state index < -0.39 is 12.1 Å². The zero-order valence-electron chi connectivity index (χ0n) is 11.9. The Kier molecular flexibility index (Phi) is 5.79. The summed E-state index contributed by atoms with van der Waals surface area (Å²) in [5.74, 6) is 0.245. The molecule has 0 aliphatic carbocycles. The van der Waals surface area contributed by atoms with Crippen LogP contribution < -0.4 is 9.47 Å². The van der Waals surface area contributed by atoms with Crippen LogP contribution in [0, 0.1) is 22.7 Å². The van der Waals surface area contributed by atoms with Gasteiger partial charge in [0.15, 0.2) is 17.6 Å². The Bertz CT molecular complexity index is 622. The van der Waals surface area contributed by atoms with Crippen molar-refractivity contribution in [2.45, 2.75) is 13.0 Å². The number of carbonyl (C=O) groups excluding carboxylic acids is 1. The molecule has 0 saturated carbocycles. The van der Waals surface area contributed by atoms with E-state index in [0.29, 0.717) is 17.1 Å². The molecule has 0 aromatic heterocycles. The third-order valence-electron chi connectivity index (χ3n) is 2.58. The van der Waals surface area contributed by atoms with Gasteiger partial charge in [-0.3, -0.25) is 0 Å². The molecular weight excluding hydrogens is 272 g/mol. The quantitative estimate of drug-likeness (QED) is 0.607. The highest BCUT2D eigenvalue weighted by Crippen LogP contribution is 2.29. The zero-order chi connectivity index (χ0) is 15.8. The van der Waals surface area contributed by atoms with Crippen molar-refractivity contribution in [2.24, 2.45) is 0 Å². The molecule has 0 amide bonds. The molecule has 0 N–H and O–H groups in total. The van der Waals surface area contributed by atoms with Crippen LogP contribution in [0.5, 0.6) is 11.5 Å². The van der Waals surface area contributed by atoms with Gasteiger partial charge in [-0.05, 0) is 30.7 Å². The Morgan fingerprint density at radius 1 is 1.24 bits per heavy atom. The van der Waals surface area contributed by atoms with Gasteiger partial charge in [-0.15, -0.1) is 0 Å². The van der Waals surface area contributed by atoms with Gasteiger partial charge in [0.2, 0.25) is 0 Å². The highest BCUT2D eigenvalue weighted by Gasteiger charge is 2.17. The number of rotatable bonds is 5. The largest absolute Gasteiger partial charge is 0.493 e. The summed E-state index contributed by atoms with van der Waals surface area (Å²) in [6.45, 7) is 1.56. The highest BCUT2D eigenvalue weighted by molar-refractivity contribution is 5.74. The molecule has 0 fully saturated rings. The lowest BCUT2D eigenvalue weighted by molar-refractivity contribution is -0.147. The van der Waals surface area contributed by atoms with Gasteiger partial charge in [0.05, 0.1) is 14.2 Å². The molecule has 1 rings (SSSR count). The van der Waals surface area contributed by atoms with E-state index in [-0.39, 0.29) is 5.57 Å². The minimum Gasteiger partial charge on any atom is -0.493 e. The van der Waals surface area contributed by atoms with Gasteiger partial charge in [0.25, 0.3) is 0 Å². The van der Waals surface area contributed by atoms with Crippen molar-refractivity contribution in [1.29, 1.82) is 10.5 Å². The van der Waals surface area contributed by atoms with E-state index in [2.05, 4.69) is 4.74 Å². The molecule has 0 radical (unpaired) electrons. The lowest BCUT2D eigenvalue weighted by atomic mass is 10.1. The molecule has 21 heavy (non-hydrogen) atoms. The number of nitrogens with zero attached hydrogens (tertiary/aromatic N) is 2. The van der Waals surface area contributed by atoms with E-state index >= 15 is 0 Å². The Labute approximate surface area is 122 Å². The first-order chi connectivity index (χ1) is 10.0. The van der Waals surface area contributed by atoms with Crippen molar-refractivity contribution in [1.82, 2.24) is 0 Å². The summed E-state index contributed by atoms with van der Waals surface area (Å²) in [6, 6.07) is 8.40. The number of esters is 1. The fourth-order valence-electron chi connectivity index (χ4n) is 1.53. The summed E-state index contributed by atoms with van der Waals surface area (Å²) in [6.07, 6.45) is 0.648. The third-order valence-corrected chi connectivity index (χ3v) is 2.58. The second-order valence-electron chi connectivity index (χ2n) is 3.98. The van der Waals surface area contributed by atoms with Crippen molar-refractivity contribution < 1.29 is 19.0 Å². The minimum absolute atomic E-state index is 0.0198. The number of nitriles is 2. The lowest BCUT2D eigenvalue weighted by Gasteiger charge is -2.15. The average molecular weight is 286 g/mol. The smallest absolute Gasteiger partial charge is 0.346 e. The number of hydrogen-bond acceptors (Lipinski definition) is 6. The summed E-state index contributed by atoms with van der Waals surface area (Å²) in [5, 5.41) is 17.5. The number of benzene rings is 1. The van der Waals surface area contributed by atoms with Gasteiger partial charge >= 0.3 is 5.97 Å². The fourth-order valence-corrected chi connectivity index (χ4v) is 1.53. The second-order valence-corrected chi connectivity index (χ2v) is 3.98. The molecule has 1 atom stereocenters. The van der Waals surface area contributed by atoms with Crippen molar-refractivity contribution >= 4 is 12.0 Å². The summed E-state index contributed by atoms with van der Waals surface area (Å²) in [7, 11) is 2.73. The number of allylic oxidation sites excluding steroid dienone is 1. The lowest BCUT2D eigenvalue weighted by Crippen LogP contribution is -2.25. The molecule has 0 bridgehead atoms. The van der Waals surface area contributed by atoms with Crippen LogP contribution in [0.1, 0.15) is 12.5 Å². The van der Waals surface area contributed by atoms with Crippen molar-refractivity contribution in [3.05, 3.63) is 29.3 Å². The molecule has 6 nitrogen and oxygen atoms in total. The summed E-state index contributed by atoms with van der Waals surface area (Å²) in [4.78, 5) is 11.3. The molecule has 6 heteroatoms. The molecule has 0 heterocycles. The summed E-state index contributed by atoms with van der Waals surface area (Å²) >= 11 is 0. The van der Waals surface area contributed by atoms with Gasteiger partial charge in [-0.1, -0.05) is 6.07 Å². The Hall–Kier alpha value is -2.99. The Morgan fingerprint density at radius 2 is 1.90 bits per heavy atom. The van der Waals surface area contributed by atoms with Crippen molar-refractivity contribution in [3.63, 3.8) is 0 Å². The number of methoxy groups -OCH3 is 2. The molecule has 1 aromatic rings. The second kappa shape index (κ2) is 7.56. The first kappa shape index (κ1) is 16.1. The van der Waals surface area contributed by atoms with Gasteiger partial charge in [0.1, 0.15) is 17.7 Å². The molecule has 1 aromatic carbocycles. The molecule has 0 spiro atoms. The molecule has 0 aliphatic heterocycles. The maximum absolute atomic E-state index is 11.3. The van der Waals surface area contributed by atoms with Gasteiger partial charge in [-0.25, -0.2) is 4.79 Å². The van der Waals surface area contributed by atoms with Crippen LogP contribution in [0.25, 0.3) is 6.08 Å². The number of hydrogen-bond donors (Lipinski definition) is 0. The van der Waals surface area contributed by atoms with E-state index in [1.807, 2.05) is 0 Å². The van der Waals surface area contributed by atoms with Gasteiger partial charge in [-0.2, -0.15) is 10.5 Å². The molecule has 0 aliphatic rings. The Balaban J connectivity index is 3.06. The van der Waals surface area contributed by atoms with E-state index in [9.17, 15) is 4.79 Å². The molecule has 1 unspecified atom stereocenters. The van der Waals surface area contributed by atoms with Gasteiger partial charge < -0.3 is 14.2 Å². The van der Waals surface area contributed by atoms with Crippen LogP contribution in [-0.2, 0) is 9.53 Å².